The van der Waals surface area contributed by atoms with E-state index in [1.54, 1.807) is 0 Å². The highest BCUT2D eigenvalue weighted by Gasteiger charge is 2.12. The Morgan fingerprint density at radius 1 is 1.24 bits per heavy atom. The van der Waals surface area contributed by atoms with Gasteiger partial charge in [-0.15, -0.1) is 0 Å². The smallest absolute Gasteiger partial charge is 0.0484 e. The summed E-state index contributed by atoms with van der Waals surface area (Å²) >= 11 is 0. The fraction of sp³-hybridized carbons (Fsp3) is 0.600. The van der Waals surface area contributed by atoms with E-state index in [0.717, 1.165) is 26.2 Å². The van der Waals surface area contributed by atoms with Crippen molar-refractivity contribution in [3.8, 4) is 0 Å². The molecule has 1 atom stereocenters. The van der Waals surface area contributed by atoms with Crippen LogP contribution in [-0.4, -0.2) is 19.8 Å². The van der Waals surface area contributed by atoms with Crippen molar-refractivity contribution in [2.45, 2.75) is 40.2 Å². The monoisotopic (exact) mass is 235 g/mol. The maximum absolute atomic E-state index is 5.46. The van der Waals surface area contributed by atoms with Crippen molar-refractivity contribution < 1.29 is 4.74 Å². The minimum absolute atomic E-state index is 0.409. The van der Waals surface area contributed by atoms with Crippen molar-refractivity contribution >= 4 is 0 Å². The van der Waals surface area contributed by atoms with Gasteiger partial charge in [0.25, 0.3) is 0 Å². The second-order valence-corrected chi connectivity index (χ2v) is 4.46. The second kappa shape index (κ2) is 7.46. The zero-order valence-corrected chi connectivity index (χ0v) is 11.5. The lowest BCUT2D eigenvalue weighted by Crippen LogP contribution is -2.23. The standard InChI is InChI=1S/C15H25NO/c1-5-16-15(9-10-17-6-2)14-8-7-12(3)11-13(14)4/h7-8,11,15-16H,5-6,9-10H2,1-4H3. The number of ether oxygens (including phenoxy) is 1. The van der Waals surface area contributed by atoms with Gasteiger partial charge in [-0.2, -0.15) is 0 Å². The molecule has 0 aliphatic heterocycles. The number of nitrogens with one attached hydrogen (secondary N) is 1. The van der Waals surface area contributed by atoms with Crippen LogP contribution in [0.25, 0.3) is 0 Å². The number of aryl methyl sites for hydroxylation is 2. The Morgan fingerprint density at radius 3 is 2.59 bits per heavy atom. The molecule has 0 radical (unpaired) electrons. The predicted octanol–water partition coefficient (Wildman–Crippen LogP) is 3.38. The average Bonchev–Trinajstić information content (AvgIpc) is 2.28. The number of hydrogen-bond donors (Lipinski definition) is 1. The summed E-state index contributed by atoms with van der Waals surface area (Å²) in [5, 5.41) is 3.54. The summed E-state index contributed by atoms with van der Waals surface area (Å²) in [4.78, 5) is 0. The molecule has 1 N–H and O–H groups in total. The van der Waals surface area contributed by atoms with Gasteiger partial charge in [0, 0.05) is 19.3 Å². The molecule has 1 aromatic rings. The highest BCUT2D eigenvalue weighted by molar-refractivity contribution is 5.32. The first-order chi connectivity index (χ1) is 8.19. The summed E-state index contributed by atoms with van der Waals surface area (Å²) in [6.07, 6.45) is 1.03. The third kappa shape index (κ3) is 4.49. The van der Waals surface area contributed by atoms with Crippen LogP contribution in [-0.2, 0) is 4.74 Å². The van der Waals surface area contributed by atoms with Gasteiger partial charge in [0.1, 0.15) is 0 Å². The Bertz CT molecular complexity index is 336. The van der Waals surface area contributed by atoms with Gasteiger partial charge in [0.05, 0.1) is 0 Å². The van der Waals surface area contributed by atoms with Crippen LogP contribution in [0.2, 0.25) is 0 Å². The van der Waals surface area contributed by atoms with Crippen LogP contribution >= 0.6 is 0 Å². The van der Waals surface area contributed by atoms with E-state index in [1.165, 1.54) is 16.7 Å². The molecule has 1 unspecified atom stereocenters. The van der Waals surface area contributed by atoms with Crippen molar-refractivity contribution in [2.24, 2.45) is 0 Å². The molecule has 17 heavy (non-hydrogen) atoms. The van der Waals surface area contributed by atoms with E-state index in [0.29, 0.717) is 6.04 Å². The van der Waals surface area contributed by atoms with Crippen molar-refractivity contribution in [2.75, 3.05) is 19.8 Å². The van der Waals surface area contributed by atoms with Crippen LogP contribution in [0.4, 0.5) is 0 Å². The molecule has 2 nitrogen and oxygen atoms in total. The number of rotatable bonds is 7. The zero-order valence-electron chi connectivity index (χ0n) is 11.5. The first-order valence-electron chi connectivity index (χ1n) is 6.57. The van der Waals surface area contributed by atoms with Crippen LogP contribution in [0.5, 0.6) is 0 Å². The van der Waals surface area contributed by atoms with Gasteiger partial charge in [-0.3, -0.25) is 0 Å². The first kappa shape index (κ1) is 14.2. The van der Waals surface area contributed by atoms with Gasteiger partial charge in [-0.05, 0) is 44.9 Å². The van der Waals surface area contributed by atoms with Crippen LogP contribution in [0, 0.1) is 13.8 Å². The SMILES string of the molecule is CCNC(CCOCC)c1ccc(C)cc1C. The lowest BCUT2D eigenvalue weighted by molar-refractivity contribution is 0.136. The Morgan fingerprint density at radius 2 is 2.00 bits per heavy atom. The van der Waals surface area contributed by atoms with E-state index in [2.05, 4.69) is 44.3 Å². The lowest BCUT2D eigenvalue weighted by atomic mass is 9.97. The van der Waals surface area contributed by atoms with E-state index in [1.807, 2.05) is 6.92 Å². The number of benzene rings is 1. The molecule has 0 fully saturated rings. The molecule has 0 aliphatic carbocycles. The molecular weight excluding hydrogens is 210 g/mol. The average molecular weight is 235 g/mol. The molecule has 0 spiro atoms. The van der Waals surface area contributed by atoms with Gasteiger partial charge in [-0.1, -0.05) is 30.7 Å². The zero-order chi connectivity index (χ0) is 12.7. The summed E-state index contributed by atoms with van der Waals surface area (Å²) in [5.41, 5.74) is 4.09. The van der Waals surface area contributed by atoms with Crippen molar-refractivity contribution in [1.82, 2.24) is 5.32 Å². The lowest BCUT2D eigenvalue weighted by Gasteiger charge is -2.20. The molecule has 0 saturated heterocycles. The van der Waals surface area contributed by atoms with Gasteiger partial charge >= 0.3 is 0 Å². The molecule has 0 bridgehead atoms. The molecule has 0 aliphatic rings. The van der Waals surface area contributed by atoms with Crippen LogP contribution < -0.4 is 5.32 Å². The van der Waals surface area contributed by atoms with Gasteiger partial charge in [0.2, 0.25) is 0 Å². The topological polar surface area (TPSA) is 21.3 Å². The largest absolute Gasteiger partial charge is 0.382 e. The van der Waals surface area contributed by atoms with Crippen molar-refractivity contribution in [3.05, 3.63) is 34.9 Å². The molecular formula is C15H25NO. The summed E-state index contributed by atoms with van der Waals surface area (Å²) in [6.45, 7) is 11.1. The molecule has 0 saturated carbocycles. The summed E-state index contributed by atoms with van der Waals surface area (Å²) in [5.74, 6) is 0. The quantitative estimate of drug-likeness (QED) is 0.732. The first-order valence-corrected chi connectivity index (χ1v) is 6.57. The Balaban J connectivity index is 2.74. The van der Waals surface area contributed by atoms with Gasteiger partial charge in [-0.25, -0.2) is 0 Å². The van der Waals surface area contributed by atoms with E-state index < -0.39 is 0 Å². The minimum atomic E-state index is 0.409. The van der Waals surface area contributed by atoms with E-state index in [-0.39, 0.29) is 0 Å². The normalized spacial score (nSPS) is 12.7. The molecule has 2 heteroatoms. The maximum atomic E-state index is 5.46. The fourth-order valence-corrected chi connectivity index (χ4v) is 2.18. The fourth-order valence-electron chi connectivity index (χ4n) is 2.18. The molecule has 96 valence electrons. The van der Waals surface area contributed by atoms with Gasteiger partial charge in [0.15, 0.2) is 0 Å². The summed E-state index contributed by atoms with van der Waals surface area (Å²) in [6, 6.07) is 7.09. The Hall–Kier alpha value is -0.860. The molecule has 0 aromatic heterocycles. The van der Waals surface area contributed by atoms with Crippen molar-refractivity contribution in [3.63, 3.8) is 0 Å². The van der Waals surface area contributed by atoms with Crippen LogP contribution in [0.3, 0.4) is 0 Å². The van der Waals surface area contributed by atoms with Crippen molar-refractivity contribution in [1.29, 1.82) is 0 Å². The van der Waals surface area contributed by atoms with Gasteiger partial charge < -0.3 is 10.1 Å². The highest BCUT2D eigenvalue weighted by Crippen LogP contribution is 2.21. The van der Waals surface area contributed by atoms with Crippen LogP contribution in [0.1, 0.15) is 43.0 Å². The minimum Gasteiger partial charge on any atom is -0.382 e. The molecule has 1 aromatic carbocycles. The maximum Gasteiger partial charge on any atom is 0.0484 e. The Kier molecular flexibility index (Phi) is 6.23. The van der Waals surface area contributed by atoms with E-state index in [4.69, 9.17) is 4.74 Å². The predicted molar refractivity (Wildman–Crippen MR) is 73.4 cm³/mol. The van der Waals surface area contributed by atoms with Crippen LogP contribution in [0.15, 0.2) is 18.2 Å². The third-order valence-electron chi connectivity index (χ3n) is 3.01. The molecule has 0 amide bonds. The third-order valence-corrected chi connectivity index (χ3v) is 3.01. The summed E-state index contributed by atoms with van der Waals surface area (Å²) < 4.78 is 5.46. The molecule has 1 rings (SSSR count). The Labute approximate surface area is 105 Å². The number of hydrogen-bond acceptors (Lipinski definition) is 2. The molecule has 0 heterocycles. The van der Waals surface area contributed by atoms with E-state index >= 15 is 0 Å². The summed E-state index contributed by atoms with van der Waals surface area (Å²) in [7, 11) is 0. The second-order valence-electron chi connectivity index (χ2n) is 4.46. The highest BCUT2D eigenvalue weighted by atomic mass is 16.5. The van der Waals surface area contributed by atoms with E-state index in [9.17, 15) is 0 Å².